The molecule has 0 saturated carbocycles. The average Bonchev–Trinajstić information content (AvgIpc) is 3.13. The highest BCUT2D eigenvalue weighted by Gasteiger charge is 2.07. The summed E-state index contributed by atoms with van der Waals surface area (Å²) < 4.78 is 3.52. The van der Waals surface area contributed by atoms with Crippen LogP contribution in [-0.2, 0) is 18.4 Å². The highest BCUT2D eigenvalue weighted by molar-refractivity contribution is 6.30. The summed E-state index contributed by atoms with van der Waals surface area (Å²) in [4.78, 5) is 12.0. The quantitative estimate of drug-likeness (QED) is 0.714. The first-order valence-corrected chi connectivity index (χ1v) is 8.14. The number of aromatic nitrogens is 4. The second-order valence-corrected chi connectivity index (χ2v) is 6.16. The van der Waals surface area contributed by atoms with Crippen LogP contribution in [0.15, 0.2) is 48.8 Å². The summed E-state index contributed by atoms with van der Waals surface area (Å²) in [6.45, 7) is 2.56. The molecule has 0 aliphatic carbocycles. The minimum absolute atomic E-state index is 0.236. The molecular weight excluding hydrogens is 338 g/mol. The average molecular weight is 356 g/mol. The van der Waals surface area contributed by atoms with E-state index in [-0.39, 0.29) is 5.91 Å². The topological polar surface area (TPSA) is 64.7 Å². The molecule has 0 radical (unpaired) electrons. The highest BCUT2D eigenvalue weighted by Crippen LogP contribution is 2.14. The second kappa shape index (κ2) is 7.36. The van der Waals surface area contributed by atoms with Gasteiger partial charge in [-0.1, -0.05) is 23.7 Å². The molecule has 3 rings (SSSR count). The summed E-state index contributed by atoms with van der Waals surface area (Å²) in [5.41, 5.74) is 2.91. The first-order chi connectivity index (χ1) is 12.0. The Morgan fingerprint density at radius 1 is 1.32 bits per heavy atom. The summed E-state index contributed by atoms with van der Waals surface area (Å²) in [5.74, 6) is 0.285. The lowest BCUT2D eigenvalue weighted by Crippen LogP contribution is -2.09. The van der Waals surface area contributed by atoms with Gasteiger partial charge < -0.3 is 5.32 Å². The largest absolute Gasteiger partial charge is 0.306 e. The lowest BCUT2D eigenvalue weighted by atomic mass is 10.2. The number of carbonyl (C=O) groups excluding carboxylic acids is 1. The normalized spacial score (nSPS) is 11.2. The van der Waals surface area contributed by atoms with Crippen molar-refractivity contribution < 1.29 is 4.79 Å². The van der Waals surface area contributed by atoms with Gasteiger partial charge in [0.1, 0.15) is 0 Å². The summed E-state index contributed by atoms with van der Waals surface area (Å²) >= 11 is 5.90. The van der Waals surface area contributed by atoms with E-state index in [0.29, 0.717) is 17.4 Å². The maximum absolute atomic E-state index is 12.0. The van der Waals surface area contributed by atoms with Crippen molar-refractivity contribution in [2.24, 2.45) is 7.05 Å². The molecule has 0 atom stereocenters. The molecule has 0 fully saturated rings. The third-order valence-corrected chi connectivity index (χ3v) is 3.88. The monoisotopic (exact) mass is 355 g/mol. The van der Waals surface area contributed by atoms with Crippen LogP contribution in [0, 0.1) is 6.92 Å². The van der Waals surface area contributed by atoms with Crippen LogP contribution in [-0.4, -0.2) is 25.5 Å². The molecule has 0 bridgehead atoms. The molecule has 0 aliphatic rings. The summed E-state index contributed by atoms with van der Waals surface area (Å²) in [6.07, 6.45) is 6.69. The number of nitrogens with one attached hydrogen (secondary N) is 1. The Balaban J connectivity index is 1.64. The molecule has 0 aliphatic heterocycles. The van der Waals surface area contributed by atoms with E-state index in [0.717, 1.165) is 16.8 Å². The summed E-state index contributed by atoms with van der Waals surface area (Å²) in [6, 6.07) is 9.45. The number of hydrogen-bond acceptors (Lipinski definition) is 3. The number of aryl methyl sites for hydroxylation is 2. The van der Waals surface area contributed by atoms with Crippen molar-refractivity contribution in [1.82, 2.24) is 19.6 Å². The molecular formula is C18H18ClN5O. The lowest BCUT2D eigenvalue weighted by Gasteiger charge is -2.04. The zero-order chi connectivity index (χ0) is 17.8. The third-order valence-electron chi connectivity index (χ3n) is 3.63. The maximum atomic E-state index is 12.0. The van der Waals surface area contributed by atoms with Crippen molar-refractivity contribution in [3.05, 3.63) is 70.6 Å². The van der Waals surface area contributed by atoms with Gasteiger partial charge in [0.2, 0.25) is 5.91 Å². The smallest absolute Gasteiger partial charge is 0.249 e. The number of halogens is 1. The number of nitrogens with zero attached hydrogens (tertiary/aromatic N) is 4. The Morgan fingerprint density at radius 3 is 2.76 bits per heavy atom. The fraction of sp³-hybridized carbons (Fsp3) is 0.167. The van der Waals surface area contributed by atoms with E-state index in [1.807, 2.05) is 55.2 Å². The number of benzene rings is 1. The van der Waals surface area contributed by atoms with Crippen LogP contribution in [0.2, 0.25) is 5.02 Å². The van der Waals surface area contributed by atoms with Gasteiger partial charge in [0.25, 0.3) is 0 Å². The predicted molar refractivity (Wildman–Crippen MR) is 98.4 cm³/mol. The Morgan fingerprint density at radius 2 is 2.08 bits per heavy atom. The number of hydrogen-bond donors (Lipinski definition) is 1. The van der Waals surface area contributed by atoms with E-state index >= 15 is 0 Å². The van der Waals surface area contributed by atoms with Gasteiger partial charge in [-0.05, 0) is 30.7 Å². The van der Waals surface area contributed by atoms with Crippen LogP contribution in [0.25, 0.3) is 6.08 Å². The van der Waals surface area contributed by atoms with Crippen molar-refractivity contribution in [2.75, 3.05) is 5.32 Å². The molecule has 0 unspecified atom stereocenters. The van der Waals surface area contributed by atoms with Gasteiger partial charge in [-0.3, -0.25) is 14.2 Å². The molecule has 0 spiro atoms. The van der Waals surface area contributed by atoms with Gasteiger partial charge in [-0.15, -0.1) is 0 Å². The van der Waals surface area contributed by atoms with E-state index < -0.39 is 0 Å². The van der Waals surface area contributed by atoms with Crippen LogP contribution in [0.1, 0.15) is 16.8 Å². The first kappa shape index (κ1) is 17.0. The molecule has 1 N–H and O–H groups in total. The van der Waals surface area contributed by atoms with E-state index in [2.05, 4.69) is 15.5 Å². The minimum atomic E-state index is -0.236. The molecule has 7 heteroatoms. The van der Waals surface area contributed by atoms with Gasteiger partial charge in [0.15, 0.2) is 5.82 Å². The zero-order valence-corrected chi connectivity index (χ0v) is 14.7. The second-order valence-electron chi connectivity index (χ2n) is 5.72. The fourth-order valence-corrected chi connectivity index (χ4v) is 2.49. The standard InChI is InChI=1S/C18H18ClN5O/c1-13-9-17(21-18(25)8-5-15-10-20-23(2)11-15)22-24(13)12-14-3-6-16(19)7-4-14/h3-11H,12H2,1-2H3,(H,21,22,25)/b8-5+. The van der Waals surface area contributed by atoms with Gasteiger partial charge in [-0.25, -0.2) is 0 Å². The van der Waals surface area contributed by atoms with E-state index in [1.165, 1.54) is 6.08 Å². The summed E-state index contributed by atoms with van der Waals surface area (Å²) in [5, 5.41) is 11.9. The van der Waals surface area contributed by atoms with E-state index in [9.17, 15) is 4.79 Å². The van der Waals surface area contributed by atoms with Crippen molar-refractivity contribution in [3.63, 3.8) is 0 Å². The number of amides is 1. The van der Waals surface area contributed by atoms with Crippen LogP contribution >= 0.6 is 11.6 Å². The van der Waals surface area contributed by atoms with Crippen LogP contribution in [0.3, 0.4) is 0 Å². The minimum Gasteiger partial charge on any atom is -0.306 e. The molecule has 3 aromatic rings. The first-order valence-electron chi connectivity index (χ1n) is 7.76. The maximum Gasteiger partial charge on any atom is 0.249 e. The SMILES string of the molecule is Cc1cc(NC(=O)/C=C/c2cnn(C)c2)nn1Cc1ccc(Cl)cc1. The third kappa shape index (κ3) is 4.58. The van der Waals surface area contributed by atoms with Crippen LogP contribution < -0.4 is 5.32 Å². The van der Waals surface area contributed by atoms with E-state index in [4.69, 9.17) is 11.6 Å². The molecule has 6 nitrogen and oxygen atoms in total. The van der Waals surface area contributed by atoms with Crippen molar-refractivity contribution in [3.8, 4) is 0 Å². The number of carbonyl (C=O) groups is 1. The molecule has 1 amide bonds. The van der Waals surface area contributed by atoms with Gasteiger partial charge >= 0.3 is 0 Å². The Bertz CT molecular complexity index is 908. The van der Waals surface area contributed by atoms with Gasteiger partial charge in [0, 0.05) is 41.7 Å². The molecule has 0 saturated heterocycles. The fourth-order valence-electron chi connectivity index (χ4n) is 2.36. The number of anilines is 1. The molecule has 2 aromatic heterocycles. The lowest BCUT2D eigenvalue weighted by molar-refractivity contribution is -0.111. The molecule has 1 aromatic carbocycles. The Labute approximate surface area is 150 Å². The van der Waals surface area contributed by atoms with Gasteiger partial charge in [-0.2, -0.15) is 10.2 Å². The predicted octanol–water partition coefficient (Wildman–Crippen LogP) is 3.28. The van der Waals surface area contributed by atoms with Crippen molar-refractivity contribution in [2.45, 2.75) is 13.5 Å². The Kier molecular flexibility index (Phi) is 5.00. The highest BCUT2D eigenvalue weighted by atomic mass is 35.5. The number of rotatable bonds is 5. The molecule has 128 valence electrons. The van der Waals surface area contributed by atoms with E-state index in [1.54, 1.807) is 17.0 Å². The van der Waals surface area contributed by atoms with Gasteiger partial charge in [0.05, 0.1) is 12.7 Å². The summed E-state index contributed by atoms with van der Waals surface area (Å²) in [7, 11) is 1.83. The molecule has 25 heavy (non-hydrogen) atoms. The van der Waals surface area contributed by atoms with Crippen molar-refractivity contribution in [1.29, 1.82) is 0 Å². The molecule has 2 heterocycles. The zero-order valence-electron chi connectivity index (χ0n) is 14.0. The van der Waals surface area contributed by atoms with Crippen LogP contribution in [0.4, 0.5) is 5.82 Å². The Hall–Kier alpha value is -2.86. The van der Waals surface area contributed by atoms with Crippen molar-refractivity contribution >= 4 is 29.4 Å². The van der Waals surface area contributed by atoms with Crippen LogP contribution in [0.5, 0.6) is 0 Å².